The van der Waals surface area contributed by atoms with Gasteiger partial charge in [0.1, 0.15) is 0 Å². The Morgan fingerprint density at radius 2 is 0.902 bits per heavy atom. The van der Waals surface area contributed by atoms with Gasteiger partial charge < -0.3 is 23.7 Å². The summed E-state index contributed by atoms with van der Waals surface area (Å²) in [5.41, 5.74) is 3.11. The molecule has 0 amide bonds. The van der Waals surface area contributed by atoms with Crippen molar-refractivity contribution in [1.29, 1.82) is 0 Å². The summed E-state index contributed by atoms with van der Waals surface area (Å²) >= 11 is 0. The Labute approximate surface area is 361 Å². The quantitative estimate of drug-likeness (QED) is 0.0317. The van der Waals surface area contributed by atoms with Crippen LogP contribution >= 0.6 is 0 Å². The third-order valence-corrected chi connectivity index (χ3v) is 12.2. The highest BCUT2D eigenvalue weighted by atomic mass is 16.6. The van der Waals surface area contributed by atoms with Crippen molar-refractivity contribution in [2.45, 2.75) is 110 Å². The van der Waals surface area contributed by atoms with E-state index in [0.29, 0.717) is 48.0 Å². The third kappa shape index (κ3) is 15.5. The first-order chi connectivity index (χ1) is 29.6. The van der Waals surface area contributed by atoms with Gasteiger partial charge in [-0.2, -0.15) is 0 Å². The maximum atomic E-state index is 13.4. The van der Waals surface area contributed by atoms with E-state index in [2.05, 4.69) is 13.2 Å². The number of aryl methyl sites for hydroxylation is 2. The standard InChI is InChI=1S/C51H62O10/c1-4-47(52)58-33-7-9-36-11-15-38(16-12-36)19-21-40-23-27-42(28-24-40)50(55)60-45-32-31-44(49(54)57-6-3)35-46(45)61-51(56)43-29-25-41(26-30-43)22-20-39-17-13-37(14-18-39)10-8-34-59-48(53)5-2/h4-5,23-32,35-39H,1-2,6-22,33-34H2,3H3/t36-,37-,38-,39-. The zero-order valence-corrected chi connectivity index (χ0v) is 35.7. The SMILES string of the molecule is C=CC(=O)OCCC[C@H]1CC[C@H](CCc2ccc(C(=O)Oc3ccc(C(=O)OCC)cc3OC(=O)c3ccc(CC[C@H]4CC[C@H](CCCOC(=O)C=C)CC4)cc3)cc2)CC1. The van der Waals surface area contributed by atoms with Crippen molar-refractivity contribution in [2.24, 2.45) is 23.7 Å². The van der Waals surface area contributed by atoms with Crippen LogP contribution in [0.5, 0.6) is 11.5 Å². The summed E-state index contributed by atoms with van der Waals surface area (Å²) in [7, 11) is 0. The van der Waals surface area contributed by atoms with E-state index >= 15 is 0 Å². The van der Waals surface area contributed by atoms with Crippen molar-refractivity contribution in [1.82, 2.24) is 0 Å². The molecule has 5 rings (SSSR count). The number of carbonyl (C=O) groups is 5. The summed E-state index contributed by atoms with van der Waals surface area (Å²) in [6.45, 7) is 9.63. The molecule has 0 atom stereocenters. The summed E-state index contributed by atoms with van der Waals surface area (Å²) in [6, 6.07) is 19.0. The Hall–Kier alpha value is -5.51. The van der Waals surface area contributed by atoms with E-state index in [1.54, 1.807) is 31.2 Å². The van der Waals surface area contributed by atoms with Gasteiger partial charge in [0.2, 0.25) is 0 Å². The molecule has 2 aliphatic carbocycles. The molecule has 2 aliphatic rings. The molecule has 326 valence electrons. The van der Waals surface area contributed by atoms with Crippen molar-refractivity contribution in [3.63, 3.8) is 0 Å². The monoisotopic (exact) mass is 834 g/mol. The molecule has 61 heavy (non-hydrogen) atoms. The highest BCUT2D eigenvalue weighted by Gasteiger charge is 2.24. The van der Waals surface area contributed by atoms with Crippen molar-refractivity contribution < 1.29 is 47.7 Å². The molecule has 0 radical (unpaired) electrons. The van der Waals surface area contributed by atoms with Gasteiger partial charge in [0.15, 0.2) is 11.5 Å². The second kappa shape index (κ2) is 24.7. The maximum Gasteiger partial charge on any atom is 0.343 e. The molecule has 3 aromatic rings. The van der Waals surface area contributed by atoms with Gasteiger partial charge in [-0.3, -0.25) is 0 Å². The molecule has 0 spiro atoms. The Bertz CT molecular complexity index is 1920. The predicted molar refractivity (Wildman–Crippen MR) is 234 cm³/mol. The van der Waals surface area contributed by atoms with E-state index in [4.69, 9.17) is 23.7 Å². The lowest BCUT2D eigenvalue weighted by Gasteiger charge is -2.28. The van der Waals surface area contributed by atoms with Crippen LogP contribution in [0.3, 0.4) is 0 Å². The lowest BCUT2D eigenvalue weighted by Crippen LogP contribution is -2.16. The number of ether oxygens (including phenoxy) is 5. The largest absolute Gasteiger partial charge is 0.463 e. The number of hydrogen-bond donors (Lipinski definition) is 0. The van der Waals surface area contributed by atoms with Crippen molar-refractivity contribution in [2.75, 3.05) is 19.8 Å². The van der Waals surface area contributed by atoms with Gasteiger partial charge in [0.05, 0.1) is 36.5 Å². The fourth-order valence-corrected chi connectivity index (χ4v) is 8.51. The van der Waals surface area contributed by atoms with E-state index in [-0.39, 0.29) is 35.6 Å². The molecule has 0 aromatic heterocycles. The van der Waals surface area contributed by atoms with E-state index in [0.717, 1.165) is 62.5 Å². The molecular formula is C51H62O10. The zero-order valence-electron chi connectivity index (χ0n) is 35.7. The van der Waals surface area contributed by atoms with Gasteiger partial charge in [-0.05, 0) is 136 Å². The lowest BCUT2D eigenvalue weighted by molar-refractivity contribution is -0.138. The predicted octanol–water partition coefficient (Wildman–Crippen LogP) is 10.8. The Kier molecular flexibility index (Phi) is 18.8. The molecule has 10 heteroatoms. The van der Waals surface area contributed by atoms with Crippen LogP contribution < -0.4 is 9.47 Å². The van der Waals surface area contributed by atoms with Crippen LogP contribution in [0.25, 0.3) is 0 Å². The van der Waals surface area contributed by atoms with Crippen LogP contribution in [0.1, 0.15) is 139 Å². The van der Waals surface area contributed by atoms with Gasteiger partial charge in [-0.15, -0.1) is 0 Å². The van der Waals surface area contributed by atoms with Gasteiger partial charge >= 0.3 is 29.8 Å². The molecule has 10 nitrogen and oxygen atoms in total. The molecule has 0 bridgehead atoms. The minimum Gasteiger partial charge on any atom is -0.463 e. The Morgan fingerprint density at radius 3 is 1.31 bits per heavy atom. The topological polar surface area (TPSA) is 132 Å². The fourth-order valence-electron chi connectivity index (χ4n) is 8.51. The first-order valence-corrected chi connectivity index (χ1v) is 22.2. The highest BCUT2D eigenvalue weighted by Crippen LogP contribution is 2.36. The molecule has 0 unspecified atom stereocenters. The molecule has 2 saturated carbocycles. The summed E-state index contributed by atoms with van der Waals surface area (Å²) in [5.74, 6) is 0.0432. The first kappa shape index (κ1) is 46.6. The number of carbonyl (C=O) groups excluding carboxylic acids is 5. The minimum absolute atomic E-state index is 0.00586. The Balaban J connectivity index is 1.09. The van der Waals surface area contributed by atoms with Crippen molar-refractivity contribution >= 4 is 29.8 Å². The van der Waals surface area contributed by atoms with E-state index in [1.165, 1.54) is 81.7 Å². The van der Waals surface area contributed by atoms with Gasteiger partial charge in [-0.25, -0.2) is 24.0 Å². The van der Waals surface area contributed by atoms with Crippen LogP contribution in [0.15, 0.2) is 92.0 Å². The van der Waals surface area contributed by atoms with Crippen LogP contribution in [0.4, 0.5) is 0 Å². The second-order valence-corrected chi connectivity index (χ2v) is 16.4. The van der Waals surface area contributed by atoms with Crippen LogP contribution in [-0.4, -0.2) is 49.7 Å². The summed E-state index contributed by atoms with van der Waals surface area (Å²) in [5, 5.41) is 0. The van der Waals surface area contributed by atoms with Crippen molar-refractivity contribution in [3.05, 3.63) is 120 Å². The van der Waals surface area contributed by atoms with Crippen LogP contribution in [0, 0.1) is 23.7 Å². The van der Waals surface area contributed by atoms with E-state index < -0.39 is 17.9 Å². The number of rotatable bonds is 22. The summed E-state index contributed by atoms with van der Waals surface area (Å²) in [6.07, 6.45) is 19.8. The first-order valence-electron chi connectivity index (χ1n) is 22.2. The minimum atomic E-state index is -0.646. The van der Waals surface area contributed by atoms with Gasteiger partial charge in [-0.1, -0.05) is 88.8 Å². The smallest absolute Gasteiger partial charge is 0.343 e. The average Bonchev–Trinajstić information content (AvgIpc) is 3.29. The van der Waals surface area contributed by atoms with Crippen LogP contribution in [-0.2, 0) is 36.6 Å². The third-order valence-electron chi connectivity index (χ3n) is 12.2. The highest BCUT2D eigenvalue weighted by molar-refractivity contribution is 5.95. The van der Waals surface area contributed by atoms with E-state index in [1.807, 2.05) is 24.3 Å². The summed E-state index contributed by atoms with van der Waals surface area (Å²) < 4.78 is 26.9. The van der Waals surface area contributed by atoms with Gasteiger partial charge in [0.25, 0.3) is 0 Å². The van der Waals surface area contributed by atoms with Crippen LogP contribution in [0.2, 0.25) is 0 Å². The molecule has 2 fully saturated rings. The molecule has 0 aliphatic heterocycles. The van der Waals surface area contributed by atoms with Gasteiger partial charge in [0, 0.05) is 12.2 Å². The number of benzene rings is 3. The zero-order chi connectivity index (χ0) is 43.4. The average molecular weight is 835 g/mol. The fraction of sp³-hybridized carbons (Fsp3) is 0.471. The molecule has 3 aromatic carbocycles. The normalized spacial score (nSPS) is 18.6. The lowest BCUT2D eigenvalue weighted by atomic mass is 9.78. The molecular weight excluding hydrogens is 773 g/mol. The summed E-state index contributed by atoms with van der Waals surface area (Å²) in [4.78, 5) is 61.8. The number of hydrogen-bond acceptors (Lipinski definition) is 10. The maximum absolute atomic E-state index is 13.4. The molecule has 0 N–H and O–H groups in total. The molecule has 0 heterocycles. The second-order valence-electron chi connectivity index (χ2n) is 16.4. The Morgan fingerprint density at radius 1 is 0.508 bits per heavy atom. The number of esters is 5. The van der Waals surface area contributed by atoms with E-state index in [9.17, 15) is 24.0 Å². The molecule has 0 saturated heterocycles. The van der Waals surface area contributed by atoms with Crippen molar-refractivity contribution in [3.8, 4) is 11.5 Å².